The predicted molar refractivity (Wildman–Crippen MR) is 178 cm³/mol. The molecule has 4 aromatic carbocycles. The highest BCUT2D eigenvalue weighted by molar-refractivity contribution is 8.19. The van der Waals surface area contributed by atoms with Crippen molar-refractivity contribution in [3.63, 3.8) is 0 Å². The first-order valence-electron chi connectivity index (χ1n) is 13.6. The van der Waals surface area contributed by atoms with Crippen LogP contribution in [0.15, 0.2) is 118 Å². The molecular formula is C34H26ClN3O3S2. The molecule has 43 heavy (non-hydrogen) atoms. The molecule has 0 bridgehead atoms. The first-order valence-corrected chi connectivity index (χ1v) is 15.7. The molecule has 0 N–H and O–H groups in total. The normalized spacial score (nSPS) is 14.9. The molecule has 0 aliphatic carbocycles. The molecule has 6 rings (SSSR count). The lowest BCUT2D eigenvalue weighted by molar-refractivity contribution is -0.113. The van der Waals surface area contributed by atoms with E-state index in [-0.39, 0.29) is 5.91 Å². The second kappa shape index (κ2) is 13.3. The van der Waals surface area contributed by atoms with Crippen molar-refractivity contribution in [2.24, 2.45) is 4.99 Å². The average molecular weight is 624 g/mol. The summed E-state index contributed by atoms with van der Waals surface area (Å²) < 4.78 is 12.0. The maximum Gasteiger partial charge on any atom is 0.271 e. The quantitative estimate of drug-likeness (QED) is 0.153. The van der Waals surface area contributed by atoms with Gasteiger partial charge in [-0.2, -0.15) is 4.99 Å². The van der Waals surface area contributed by atoms with Gasteiger partial charge >= 0.3 is 0 Å². The molecule has 1 amide bonds. The third-order valence-electron chi connectivity index (χ3n) is 6.45. The molecule has 6 nitrogen and oxygen atoms in total. The monoisotopic (exact) mass is 623 g/mol. The molecular weight excluding hydrogens is 598 g/mol. The van der Waals surface area contributed by atoms with Crippen LogP contribution in [0.25, 0.3) is 17.3 Å². The second-order valence-electron chi connectivity index (χ2n) is 9.42. The summed E-state index contributed by atoms with van der Waals surface area (Å²) in [5.41, 5.74) is 4.42. The first-order chi connectivity index (χ1) is 21.1. The smallest absolute Gasteiger partial charge is 0.271 e. The van der Waals surface area contributed by atoms with E-state index in [0.29, 0.717) is 44.9 Å². The third kappa shape index (κ3) is 6.83. The second-order valence-corrected chi connectivity index (χ2v) is 11.7. The van der Waals surface area contributed by atoms with Crippen LogP contribution in [0.1, 0.15) is 18.1 Å². The lowest BCUT2D eigenvalue weighted by atomic mass is 10.1. The lowest BCUT2D eigenvalue weighted by Gasteiger charge is -2.15. The molecule has 0 saturated carbocycles. The summed E-state index contributed by atoms with van der Waals surface area (Å²) in [6.07, 6.45) is 1.86. The Hall–Kier alpha value is -4.37. The number of ether oxygens (including phenoxy) is 2. The van der Waals surface area contributed by atoms with E-state index >= 15 is 0 Å². The molecule has 5 aromatic rings. The fourth-order valence-electron chi connectivity index (χ4n) is 4.39. The SMILES string of the molecule is CCOc1cc(/C=C2\S/C(=N/c3nc(-c4ccccc4)cs3)N(c3ccccc3)C2=O)ccc1OCc1ccc(Cl)cc1. The molecule has 0 spiro atoms. The highest BCUT2D eigenvalue weighted by Crippen LogP contribution is 2.39. The van der Waals surface area contributed by atoms with Crippen molar-refractivity contribution in [2.45, 2.75) is 13.5 Å². The van der Waals surface area contributed by atoms with Crippen molar-refractivity contribution >= 4 is 62.7 Å². The minimum atomic E-state index is -0.157. The molecule has 9 heteroatoms. The van der Waals surface area contributed by atoms with Gasteiger partial charge in [-0.1, -0.05) is 78.3 Å². The third-order valence-corrected chi connectivity index (χ3v) is 8.40. The molecule has 0 unspecified atom stereocenters. The summed E-state index contributed by atoms with van der Waals surface area (Å²) in [6.45, 7) is 2.77. The number of carbonyl (C=O) groups is 1. The number of rotatable bonds is 9. The Morgan fingerprint density at radius 3 is 2.40 bits per heavy atom. The van der Waals surface area contributed by atoms with Crippen molar-refractivity contribution in [1.29, 1.82) is 0 Å². The van der Waals surface area contributed by atoms with E-state index in [1.165, 1.54) is 23.1 Å². The number of hydrogen-bond acceptors (Lipinski definition) is 7. The zero-order valence-corrected chi connectivity index (χ0v) is 25.5. The standard InChI is InChI=1S/C34H26ClN3O3S2/c1-2-40-30-19-24(15-18-29(30)41-21-23-13-16-26(35)17-14-23)20-31-32(39)38(27-11-7-4-8-12-27)34(43-31)37-33-36-28(22-42-33)25-9-5-3-6-10-25/h3-20,22H,2,21H2,1H3/b31-20-,37-34+. The number of thioether (sulfide) groups is 1. The number of aliphatic imine (C=N–C) groups is 1. The summed E-state index contributed by atoms with van der Waals surface area (Å²) in [5, 5.41) is 3.78. The van der Waals surface area contributed by atoms with Gasteiger partial charge in [0, 0.05) is 16.0 Å². The number of hydrogen-bond donors (Lipinski definition) is 0. The number of amides is 1. The largest absolute Gasteiger partial charge is 0.490 e. The van der Waals surface area contributed by atoms with Crippen molar-refractivity contribution in [3.8, 4) is 22.8 Å². The van der Waals surface area contributed by atoms with E-state index in [4.69, 9.17) is 31.1 Å². The van der Waals surface area contributed by atoms with Gasteiger partial charge in [-0.3, -0.25) is 9.69 Å². The van der Waals surface area contributed by atoms with Crippen LogP contribution >= 0.6 is 34.7 Å². The number of thiazole rings is 1. The van der Waals surface area contributed by atoms with Gasteiger partial charge < -0.3 is 9.47 Å². The summed E-state index contributed by atoms with van der Waals surface area (Å²) >= 11 is 8.77. The maximum atomic E-state index is 13.8. The van der Waals surface area contributed by atoms with Crippen LogP contribution in [0.4, 0.5) is 10.8 Å². The Morgan fingerprint density at radius 2 is 1.65 bits per heavy atom. The Morgan fingerprint density at radius 1 is 0.907 bits per heavy atom. The molecule has 1 fully saturated rings. The van der Waals surface area contributed by atoms with E-state index < -0.39 is 0 Å². The van der Waals surface area contributed by atoms with Crippen LogP contribution < -0.4 is 14.4 Å². The molecule has 214 valence electrons. The van der Waals surface area contributed by atoms with Gasteiger partial charge in [-0.25, -0.2) is 4.98 Å². The zero-order valence-electron chi connectivity index (χ0n) is 23.1. The molecule has 0 radical (unpaired) electrons. The van der Waals surface area contributed by atoms with Crippen molar-refractivity contribution in [1.82, 2.24) is 4.98 Å². The number of anilines is 1. The summed E-state index contributed by atoms with van der Waals surface area (Å²) in [6, 6.07) is 32.7. The Kier molecular flexibility index (Phi) is 8.88. The molecule has 1 aliphatic rings. The van der Waals surface area contributed by atoms with E-state index in [9.17, 15) is 4.79 Å². The summed E-state index contributed by atoms with van der Waals surface area (Å²) in [7, 11) is 0. The van der Waals surface area contributed by atoms with Gasteiger partial charge in [0.2, 0.25) is 5.13 Å². The van der Waals surface area contributed by atoms with E-state index in [1.54, 1.807) is 4.90 Å². The van der Waals surface area contributed by atoms with E-state index in [1.807, 2.05) is 122 Å². The van der Waals surface area contributed by atoms with Gasteiger partial charge in [0.1, 0.15) is 6.61 Å². The fourth-order valence-corrected chi connectivity index (χ4v) is 6.25. The highest BCUT2D eigenvalue weighted by Gasteiger charge is 2.35. The number of amidine groups is 1. The Bertz CT molecular complexity index is 1790. The zero-order chi connectivity index (χ0) is 29.6. The number of nitrogens with zero attached hydrogens (tertiary/aromatic N) is 3. The Labute approximate surface area is 263 Å². The number of aromatic nitrogens is 1. The van der Waals surface area contributed by atoms with Gasteiger partial charge in [-0.15, -0.1) is 11.3 Å². The van der Waals surface area contributed by atoms with E-state index in [0.717, 1.165) is 28.1 Å². The van der Waals surface area contributed by atoms with Crippen molar-refractivity contribution in [3.05, 3.63) is 130 Å². The predicted octanol–water partition coefficient (Wildman–Crippen LogP) is 9.25. The van der Waals surface area contributed by atoms with Gasteiger partial charge in [0.25, 0.3) is 5.91 Å². The average Bonchev–Trinajstić information content (AvgIpc) is 3.62. The fraction of sp³-hybridized carbons (Fsp3) is 0.0882. The minimum absolute atomic E-state index is 0.157. The summed E-state index contributed by atoms with van der Waals surface area (Å²) in [5.74, 6) is 1.07. The lowest BCUT2D eigenvalue weighted by Crippen LogP contribution is -2.28. The summed E-state index contributed by atoms with van der Waals surface area (Å²) in [4.78, 5) is 25.5. The number of carbonyl (C=O) groups excluding carboxylic acids is 1. The van der Waals surface area contributed by atoms with E-state index in [2.05, 4.69) is 0 Å². The first kappa shape index (κ1) is 28.7. The number of benzene rings is 4. The van der Waals surface area contributed by atoms with Crippen molar-refractivity contribution < 1.29 is 14.3 Å². The van der Waals surface area contributed by atoms with Crippen LogP contribution in [0.5, 0.6) is 11.5 Å². The van der Waals surface area contributed by atoms with Crippen LogP contribution in [-0.4, -0.2) is 22.7 Å². The van der Waals surface area contributed by atoms with Gasteiger partial charge in [-0.05, 0) is 72.3 Å². The molecule has 2 heterocycles. The van der Waals surface area contributed by atoms with Crippen LogP contribution in [-0.2, 0) is 11.4 Å². The maximum absolute atomic E-state index is 13.8. The molecule has 1 aromatic heterocycles. The van der Waals surface area contributed by atoms with Crippen LogP contribution in [0, 0.1) is 0 Å². The molecule has 0 atom stereocenters. The van der Waals surface area contributed by atoms with Crippen LogP contribution in [0.3, 0.4) is 0 Å². The van der Waals surface area contributed by atoms with Crippen LogP contribution in [0.2, 0.25) is 5.02 Å². The van der Waals surface area contributed by atoms with Crippen molar-refractivity contribution in [2.75, 3.05) is 11.5 Å². The number of para-hydroxylation sites is 1. The number of halogens is 1. The minimum Gasteiger partial charge on any atom is -0.490 e. The Balaban J connectivity index is 1.29. The van der Waals surface area contributed by atoms with Gasteiger partial charge in [0.05, 0.1) is 22.9 Å². The highest BCUT2D eigenvalue weighted by atomic mass is 35.5. The topological polar surface area (TPSA) is 64.0 Å². The molecule has 1 aliphatic heterocycles. The van der Waals surface area contributed by atoms with Gasteiger partial charge in [0.15, 0.2) is 16.7 Å². The molecule has 1 saturated heterocycles.